The quantitative estimate of drug-likeness (QED) is 0.841. The molecule has 0 aliphatic carbocycles. The van der Waals surface area contributed by atoms with Crippen molar-refractivity contribution in [2.24, 2.45) is 0 Å². The van der Waals surface area contributed by atoms with Crippen molar-refractivity contribution in [3.8, 4) is 0 Å². The third-order valence-electron chi connectivity index (χ3n) is 3.03. The van der Waals surface area contributed by atoms with Crippen LogP contribution in [0.2, 0.25) is 0 Å². The topological polar surface area (TPSA) is 67.2 Å². The monoisotopic (exact) mass is 255 g/mol. The van der Waals surface area contributed by atoms with Crippen LogP contribution in [0.1, 0.15) is 35.5 Å². The van der Waals surface area contributed by atoms with Crippen molar-refractivity contribution in [3.05, 3.63) is 17.3 Å². The number of aromatic nitrogens is 1. The Kier molecular flexibility index (Phi) is 3.96. The maximum Gasteiger partial charge on any atom is 0.289 e. The van der Waals surface area contributed by atoms with Crippen molar-refractivity contribution in [1.29, 1.82) is 0 Å². The number of carbonyl (C=O) groups is 1. The van der Waals surface area contributed by atoms with Crippen molar-refractivity contribution < 1.29 is 13.6 Å². The highest BCUT2D eigenvalue weighted by molar-refractivity contribution is 5.92. The van der Waals surface area contributed by atoms with E-state index < -0.39 is 6.17 Å². The summed E-state index contributed by atoms with van der Waals surface area (Å²) in [5, 5.41) is 5.75. The Morgan fingerprint density at radius 1 is 1.67 bits per heavy atom. The zero-order valence-corrected chi connectivity index (χ0v) is 10.6. The van der Waals surface area contributed by atoms with Gasteiger partial charge in [0, 0.05) is 25.6 Å². The maximum absolute atomic E-state index is 12.9. The van der Waals surface area contributed by atoms with Crippen LogP contribution in [0.15, 0.2) is 4.42 Å². The lowest BCUT2D eigenvalue weighted by Crippen LogP contribution is -2.37. The van der Waals surface area contributed by atoms with E-state index >= 15 is 0 Å². The molecule has 2 rings (SSSR count). The van der Waals surface area contributed by atoms with Gasteiger partial charge in [-0.15, -0.1) is 0 Å². The molecule has 0 bridgehead atoms. The van der Waals surface area contributed by atoms with Crippen molar-refractivity contribution in [1.82, 2.24) is 15.6 Å². The minimum absolute atomic E-state index is 0.00202. The summed E-state index contributed by atoms with van der Waals surface area (Å²) in [7, 11) is 0. The molecule has 1 saturated heterocycles. The van der Waals surface area contributed by atoms with Gasteiger partial charge >= 0.3 is 0 Å². The van der Waals surface area contributed by atoms with Crippen molar-refractivity contribution in [2.75, 3.05) is 13.1 Å². The molecule has 18 heavy (non-hydrogen) atoms. The molecule has 2 atom stereocenters. The van der Waals surface area contributed by atoms with Gasteiger partial charge in [-0.25, -0.2) is 9.37 Å². The highest BCUT2D eigenvalue weighted by atomic mass is 19.1. The molecule has 0 saturated carbocycles. The highest BCUT2D eigenvalue weighted by Crippen LogP contribution is 2.12. The van der Waals surface area contributed by atoms with Gasteiger partial charge in [0.1, 0.15) is 6.17 Å². The molecule has 1 aromatic heterocycles. The lowest BCUT2D eigenvalue weighted by molar-refractivity contribution is 0.0919. The summed E-state index contributed by atoms with van der Waals surface area (Å²) in [6, 6.07) is -0.00202. The number of nitrogens with zero attached hydrogens (tertiary/aromatic N) is 1. The van der Waals surface area contributed by atoms with Gasteiger partial charge in [0.25, 0.3) is 5.91 Å². The molecule has 0 aromatic carbocycles. The Morgan fingerprint density at radius 2 is 2.44 bits per heavy atom. The smallest absolute Gasteiger partial charge is 0.289 e. The molecule has 0 unspecified atom stereocenters. The number of nitrogens with one attached hydrogen (secondary N) is 2. The SMILES string of the molecule is CCc1nc(C)c(C(=O)NC[C@@H]2C[C@H](F)CN2)o1. The molecule has 1 aromatic rings. The second-order valence-corrected chi connectivity index (χ2v) is 4.52. The molecule has 1 aliphatic rings. The third kappa shape index (κ3) is 2.87. The van der Waals surface area contributed by atoms with E-state index in [-0.39, 0.29) is 17.7 Å². The van der Waals surface area contributed by atoms with Crippen LogP contribution in [0.25, 0.3) is 0 Å². The number of hydrogen-bond acceptors (Lipinski definition) is 4. The van der Waals surface area contributed by atoms with Gasteiger partial charge in [-0.1, -0.05) is 6.92 Å². The molecule has 1 fully saturated rings. The highest BCUT2D eigenvalue weighted by Gasteiger charge is 2.24. The Morgan fingerprint density at radius 3 is 3.00 bits per heavy atom. The number of carbonyl (C=O) groups excluding carboxylic acids is 1. The summed E-state index contributed by atoms with van der Waals surface area (Å²) >= 11 is 0. The number of aryl methyl sites for hydroxylation is 2. The molecule has 2 N–H and O–H groups in total. The van der Waals surface area contributed by atoms with E-state index in [0.717, 1.165) is 0 Å². The normalized spacial score (nSPS) is 23.3. The van der Waals surface area contributed by atoms with Gasteiger partial charge in [0.05, 0.1) is 5.69 Å². The Bertz CT molecular complexity index is 433. The molecule has 1 amide bonds. The summed E-state index contributed by atoms with van der Waals surface area (Å²) in [5.41, 5.74) is 0.590. The van der Waals surface area contributed by atoms with Crippen molar-refractivity contribution in [3.63, 3.8) is 0 Å². The number of hydrogen-bond donors (Lipinski definition) is 2. The average Bonchev–Trinajstić information content (AvgIpc) is 2.92. The second-order valence-electron chi connectivity index (χ2n) is 4.52. The zero-order chi connectivity index (χ0) is 13.1. The Balaban J connectivity index is 1.89. The summed E-state index contributed by atoms with van der Waals surface area (Å²) in [5.74, 6) is 0.519. The van der Waals surface area contributed by atoms with E-state index in [9.17, 15) is 9.18 Å². The molecule has 0 spiro atoms. The molecular formula is C12H18FN3O2. The van der Waals surface area contributed by atoms with Gasteiger partial charge in [-0.05, 0) is 13.3 Å². The first-order valence-electron chi connectivity index (χ1n) is 6.22. The van der Waals surface area contributed by atoms with Crippen LogP contribution in [0.5, 0.6) is 0 Å². The third-order valence-corrected chi connectivity index (χ3v) is 3.03. The summed E-state index contributed by atoms with van der Waals surface area (Å²) < 4.78 is 18.3. The van der Waals surface area contributed by atoms with E-state index in [1.165, 1.54) is 0 Å². The lowest BCUT2D eigenvalue weighted by atomic mass is 10.2. The van der Waals surface area contributed by atoms with Gasteiger partial charge in [0.2, 0.25) is 5.76 Å². The molecule has 6 heteroatoms. The van der Waals surface area contributed by atoms with Crippen LogP contribution in [-0.4, -0.2) is 36.2 Å². The van der Waals surface area contributed by atoms with Gasteiger partial charge < -0.3 is 15.1 Å². The van der Waals surface area contributed by atoms with Gasteiger partial charge in [-0.2, -0.15) is 0 Å². The molecule has 0 radical (unpaired) electrons. The van der Waals surface area contributed by atoms with Crippen LogP contribution in [0, 0.1) is 6.92 Å². The molecule has 100 valence electrons. The number of rotatable bonds is 4. The zero-order valence-electron chi connectivity index (χ0n) is 10.6. The predicted molar refractivity (Wildman–Crippen MR) is 64.3 cm³/mol. The van der Waals surface area contributed by atoms with Crippen molar-refractivity contribution >= 4 is 5.91 Å². The molecule has 5 nitrogen and oxygen atoms in total. The van der Waals surface area contributed by atoms with E-state index in [1.807, 2.05) is 6.92 Å². The number of oxazole rings is 1. The average molecular weight is 255 g/mol. The molecular weight excluding hydrogens is 237 g/mol. The number of alkyl halides is 1. The van der Waals surface area contributed by atoms with Crippen LogP contribution in [0.4, 0.5) is 4.39 Å². The fourth-order valence-electron chi connectivity index (χ4n) is 2.04. The van der Waals surface area contributed by atoms with E-state index in [2.05, 4.69) is 15.6 Å². The van der Waals surface area contributed by atoms with E-state index in [4.69, 9.17) is 4.42 Å². The van der Waals surface area contributed by atoms with Crippen LogP contribution >= 0.6 is 0 Å². The molecule has 1 aliphatic heterocycles. The van der Waals surface area contributed by atoms with Crippen LogP contribution < -0.4 is 10.6 Å². The van der Waals surface area contributed by atoms with E-state index in [1.54, 1.807) is 6.92 Å². The van der Waals surface area contributed by atoms with Crippen LogP contribution in [-0.2, 0) is 6.42 Å². The predicted octanol–water partition coefficient (Wildman–Crippen LogP) is 0.975. The lowest BCUT2D eigenvalue weighted by Gasteiger charge is -2.10. The fraction of sp³-hybridized carbons (Fsp3) is 0.667. The Hall–Kier alpha value is -1.43. The summed E-state index contributed by atoms with van der Waals surface area (Å²) in [6.45, 7) is 4.42. The number of amides is 1. The number of halogens is 1. The van der Waals surface area contributed by atoms with Gasteiger partial charge in [0.15, 0.2) is 5.89 Å². The first-order valence-corrected chi connectivity index (χ1v) is 6.22. The fourth-order valence-corrected chi connectivity index (χ4v) is 2.04. The summed E-state index contributed by atoms with van der Waals surface area (Å²) in [6.07, 6.45) is 0.281. The van der Waals surface area contributed by atoms with E-state index in [0.29, 0.717) is 37.5 Å². The van der Waals surface area contributed by atoms with Crippen molar-refractivity contribution in [2.45, 2.75) is 38.9 Å². The van der Waals surface area contributed by atoms with Gasteiger partial charge in [-0.3, -0.25) is 4.79 Å². The standard InChI is InChI=1S/C12H18FN3O2/c1-3-10-16-7(2)11(18-10)12(17)15-6-9-4-8(13)5-14-9/h8-9,14H,3-6H2,1-2H3,(H,15,17)/t8-,9-/m0/s1. The summed E-state index contributed by atoms with van der Waals surface area (Å²) in [4.78, 5) is 16.0. The second kappa shape index (κ2) is 5.48. The first kappa shape index (κ1) is 13.0. The van der Waals surface area contributed by atoms with Crippen LogP contribution in [0.3, 0.4) is 0 Å². The minimum Gasteiger partial charge on any atom is -0.435 e. The minimum atomic E-state index is -0.814. The molecule has 2 heterocycles. The first-order chi connectivity index (χ1) is 8.60. The Labute approximate surface area is 105 Å². The largest absolute Gasteiger partial charge is 0.435 e. The maximum atomic E-state index is 12.9.